The molecule has 4 rings (SSSR count). The molecule has 1 saturated carbocycles. The maximum Gasteiger partial charge on any atom is 0.231 e. The van der Waals surface area contributed by atoms with Gasteiger partial charge >= 0.3 is 0 Å². The minimum Gasteiger partial charge on any atom is -0.326 e. The number of halogens is 5. The Labute approximate surface area is 239 Å². The molecule has 10 heteroatoms. The molecule has 0 spiro atoms. The normalized spacial score (nSPS) is 17.7. The molecule has 2 atom stereocenters. The molecular formula is C27H21Cl5N2O3. The monoisotopic (exact) mass is 596 g/mol. The Hall–Kier alpha value is -2.28. The second-order valence-corrected chi connectivity index (χ2v) is 11.6. The zero-order chi connectivity index (χ0) is 27.1. The lowest BCUT2D eigenvalue weighted by Gasteiger charge is -2.11. The summed E-state index contributed by atoms with van der Waals surface area (Å²) in [6.45, 7) is 3.29. The van der Waals surface area contributed by atoms with Crippen molar-refractivity contribution in [1.82, 2.24) is 0 Å². The quantitative estimate of drug-likeness (QED) is 0.215. The van der Waals surface area contributed by atoms with Gasteiger partial charge in [-0.25, -0.2) is 0 Å². The van der Waals surface area contributed by atoms with Gasteiger partial charge in [-0.05, 0) is 66.1 Å². The van der Waals surface area contributed by atoms with Gasteiger partial charge in [-0.15, -0.1) is 23.2 Å². The first-order chi connectivity index (χ1) is 17.4. The molecular weight excluding hydrogens is 578 g/mol. The number of carbonyl (C=O) groups excluding carboxylic acids is 3. The van der Waals surface area contributed by atoms with Crippen LogP contribution in [0.15, 0.2) is 54.6 Å². The number of ketones is 1. The zero-order valence-electron chi connectivity index (χ0n) is 19.7. The van der Waals surface area contributed by atoms with Crippen LogP contribution < -0.4 is 10.6 Å². The first-order valence-electron chi connectivity index (χ1n) is 11.2. The van der Waals surface area contributed by atoms with Gasteiger partial charge in [0.05, 0.1) is 21.0 Å². The summed E-state index contributed by atoms with van der Waals surface area (Å²) in [5, 5.41) is 6.50. The fourth-order valence-corrected chi connectivity index (χ4v) is 5.61. The Morgan fingerprint density at radius 3 is 2.14 bits per heavy atom. The molecule has 2 unspecified atom stereocenters. The minimum absolute atomic E-state index is 0.0950. The van der Waals surface area contributed by atoms with E-state index in [0.29, 0.717) is 27.0 Å². The molecule has 0 radical (unpaired) electrons. The van der Waals surface area contributed by atoms with E-state index in [0.717, 1.165) is 11.1 Å². The molecule has 0 aromatic heterocycles. The summed E-state index contributed by atoms with van der Waals surface area (Å²) >= 11 is 31.3. The van der Waals surface area contributed by atoms with E-state index in [1.165, 1.54) is 13.0 Å². The van der Waals surface area contributed by atoms with Gasteiger partial charge in [0.2, 0.25) is 11.8 Å². The Morgan fingerprint density at radius 1 is 0.838 bits per heavy atom. The lowest BCUT2D eigenvalue weighted by atomic mass is 9.98. The topological polar surface area (TPSA) is 75.3 Å². The summed E-state index contributed by atoms with van der Waals surface area (Å²) in [6.07, 6.45) is 0.0950. The van der Waals surface area contributed by atoms with Crippen LogP contribution >= 0.6 is 58.0 Å². The van der Waals surface area contributed by atoms with E-state index >= 15 is 0 Å². The average Bonchev–Trinajstić information content (AvgIpc) is 3.40. The van der Waals surface area contributed by atoms with E-state index in [9.17, 15) is 14.4 Å². The van der Waals surface area contributed by atoms with Gasteiger partial charge in [-0.3, -0.25) is 14.4 Å². The van der Waals surface area contributed by atoms with Gasteiger partial charge in [0.1, 0.15) is 4.33 Å². The summed E-state index contributed by atoms with van der Waals surface area (Å²) in [5.74, 6) is -1.99. The predicted molar refractivity (Wildman–Crippen MR) is 151 cm³/mol. The number of hydrogen-bond donors (Lipinski definition) is 2. The first-order valence-corrected chi connectivity index (χ1v) is 13.1. The van der Waals surface area contributed by atoms with E-state index in [1.807, 2.05) is 6.92 Å². The number of Topliss-reactive ketones (excluding diaryl/α,β-unsaturated/α-hetero) is 1. The number of anilines is 2. The van der Waals surface area contributed by atoms with Crippen LogP contribution in [0.25, 0.3) is 0 Å². The number of alkyl halides is 2. The summed E-state index contributed by atoms with van der Waals surface area (Å²) in [5.41, 5.74) is 3.65. The number of benzene rings is 3. The minimum atomic E-state index is -1.31. The maximum atomic E-state index is 13.1. The van der Waals surface area contributed by atoms with Gasteiger partial charge in [0, 0.05) is 36.2 Å². The molecule has 1 fully saturated rings. The first kappa shape index (κ1) is 27.7. The maximum absolute atomic E-state index is 13.1. The van der Waals surface area contributed by atoms with Crippen molar-refractivity contribution >= 4 is 87.0 Å². The second kappa shape index (κ2) is 10.8. The van der Waals surface area contributed by atoms with Crippen LogP contribution in [0.2, 0.25) is 15.1 Å². The third kappa shape index (κ3) is 6.08. The number of hydrogen-bond acceptors (Lipinski definition) is 3. The van der Waals surface area contributed by atoms with Crippen molar-refractivity contribution < 1.29 is 14.4 Å². The number of carbonyl (C=O) groups is 3. The molecule has 192 valence electrons. The van der Waals surface area contributed by atoms with Crippen molar-refractivity contribution in [3.63, 3.8) is 0 Å². The van der Waals surface area contributed by atoms with Crippen molar-refractivity contribution in [2.75, 3.05) is 10.6 Å². The summed E-state index contributed by atoms with van der Waals surface area (Å²) in [6, 6.07) is 15.0. The Balaban J connectivity index is 1.48. The Bertz CT molecular complexity index is 1420. The molecule has 37 heavy (non-hydrogen) atoms. The molecule has 2 N–H and O–H groups in total. The van der Waals surface area contributed by atoms with Crippen LogP contribution in [0, 0.1) is 12.8 Å². The molecule has 3 aromatic carbocycles. The van der Waals surface area contributed by atoms with E-state index in [1.54, 1.807) is 48.5 Å². The molecule has 0 saturated heterocycles. The fourth-order valence-electron chi connectivity index (χ4n) is 4.25. The Kier molecular flexibility index (Phi) is 8.13. The lowest BCUT2D eigenvalue weighted by Crippen LogP contribution is -2.17. The van der Waals surface area contributed by atoms with Crippen LogP contribution in [0.1, 0.15) is 39.9 Å². The van der Waals surface area contributed by atoms with Crippen LogP contribution in [-0.2, 0) is 16.0 Å². The van der Waals surface area contributed by atoms with Crippen LogP contribution in [0.4, 0.5) is 11.4 Å². The second-order valence-electron chi connectivity index (χ2n) is 8.91. The third-order valence-electron chi connectivity index (χ3n) is 6.19. The van der Waals surface area contributed by atoms with Crippen molar-refractivity contribution in [3.05, 3.63) is 91.9 Å². The highest BCUT2D eigenvalue weighted by molar-refractivity contribution is 6.53. The van der Waals surface area contributed by atoms with Gasteiger partial charge in [0.25, 0.3) is 0 Å². The molecule has 1 aliphatic rings. The summed E-state index contributed by atoms with van der Waals surface area (Å²) in [4.78, 5) is 37.4. The Morgan fingerprint density at radius 2 is 1.49 bits per heavy atom. The molecule has 5 nitrogen and oxygen atoms in total. The molecule has 3 aromatic rings. The van der Waals surface area contributed by atoms with Crippen molar-refractivity contribution in [1.29, 1.82) is 0 Å². The largest absolute Gasteiger partial charge is 0.326 e. The van der Waals surface area contributed by atoms with E-state index in [2.05, 4.69) is 10.6 Å². The number of amides is 2. The van der Waals surface area contributed by atoms with E-state index < -0.39 is 22.1 Å². The smallest absolute Gasteiger partial charge is 0.231 e. The lowest BCUT2D eigenvalue weighted by molar-refractivity contribution is -0.117. The van der Waals surface area contributed by atoms with Crippen LogP contribution in [-0.4, -0.2) is 21.9 Å². The number of nitrogens with one attached hydrogen (secondary N) is 2. The number of rotatable bonds is 7. The predicted octanol–water partition coefficient (Wildman–Crippen LogP) is 7.87. The van der Waals surface area contributed by atoms with Gasteiger partial charge in [-0.2, -0.15) is 0 Å². The molecule has 1 aliphatic carbocycles. The van der Waals surface area contributed by atoms with Crippen molar-refractivity contribution in [3.8, 4) is 0 Å². The van der Waals surface area contributed by atoms with Gasteiger partial charge in [-0.1, -0.05) is 46.9 Å². The SMILES string of the molecule is CC(=O)Nc1ccc(CC(=O)c2cc(NC(=O)C3C(c4ccc(Cl)c(Cl)c4)C3(Cl)Cl)ccc2Cl)c(C)c1. The van der Waals surface area contributed by atoms with Crippen molar-refractivity contribution in [2.24, 2.45) is 5.92 Å². The third-order valence-corrected chi connectivity index (χ3v) is 8.20. The van der Waals surface area contributed by atoms with Crippen LogP contribution in [0.5, 0.6) is 0 Å². The van der Waals surface area contributed by atoms with Crippen LogP contribution in [0.3, 0.4) is 0 Å². The highest BCUT2D eigenvalue weighted by Crippen LogP contribution is 2.65. The van der Waals surface area contributed by atoms with Gasteiger partial charge < -0.3 is 10.6 Å². The van der Waals surface area contributed by atoms with E-state index in [4.69, 9.17) is 58.0 Å². The van der Waals surface area contributed by atoms with Crippen molar-refractivity contribution in [2.45, 2.75) is 30.5 Å². The highest BCUT2D eigenvalue weighted by atomic mass is 35.5. The average molecular weight is 599 g/mol. The molecule has 0 aliphatic heterocycles. The molecule has 0 bridgehead atoms. The molecule has 2 amide bonds. The summed E-state index contributed by atoms with van der Waals surface area (Å²) in [7, 11) is 0. The number of aryl methyl sites for hydroxylation is 1. The summed E-state index contributed by atoms with van der Waals surface area (Å²) < 4.78 is -1.31. The highest BCUT2D eigenvalue weighted by Gasteiger charge is 2.67. The fraction of sp³-hybridized carbons (Fsp3) is 0.222. The molecule has 0 heterocycles. The van der Waals surface area contributed by atoms with E-state index in [-0.39, 0.29) is 28.7 Å². The zero-order valence-corrected chi connectivity index (χ0v) is 23.5. The standard InChI is InChI=1S/C27H21Cl5N2O3/c1-13-9-17(33-14(2)35)5-3-15(13)11-23(36)19-12-18(6-8-20(19)28)34-26(37)25-24(27(25,31)32)16-4-7-21(29)22(30)10-16/h3-10,12,24-25H,11H2,1-2H3,(H,33,35)(H,34,37). The van der Waals surface area contributed by atoms with Gasteiger partial charge in [0.15, 0.2) is 5.78 Å².